The number of aliphatic carboxylic acids is 1. The summed E-state index contributed by atoms with van der Waals surface area (Å²) in [5.41, 5.74) is 9.60. The van der Waals surface area contributed by atoms with Crippen molar-refractivity contribution in [1.29, 1.82) is 0 Å². The van der Waals surface area contributed by atoms with E-state index in [9.17, 15) is 33.9 Å². The zero-order chi connectivity index (χ0) is 86.4. The minimum Gasteiger partial charge on any atom is -0.481 e. The van der Waals surface area contributed by atoms with Crippen LogP contribution < -0.4 is 36.4 Å². The normalized spacial score (nSPS) is 18.9. The zero-order valence-electron chi connectivity index (χ0n) is 73.1. The molecule has 17 rings (SSSR count). The largest absolute Gasteiger partial charge is 0.481 e. The number of ketones is 1. The lowest BCUT2D eigenvalue weighted by Gasteiger charge is -2.47. The number of hydrogen-bond acceptors (Lipinski definition) is 22. The molecule has 8 aliphatic rings. The van der Waals surface area contributed by atoms with E-state index >= 15 is 0 Å². The van der Waals surface area contributed by atoms with Gasteiger partial charge < -0.3 is 75.8 Å². The number of carboxylic acid groups (broad SMARTS) is 1. The van der Waals surface area contributed by atoms with Crippen LogP contribution in [-0.4, -0.2) is 284 Å². The summed E-state index contributed by atoms with van der Waals surface area (Å²) >= 11 is 3.47. The number of rotatable bonds is 19. The van der Waals surface area contributed by atoms with Crippen LogP contribution in [0.25, 0.3) is 16.9 Å². The second-order valence-corrected chi connectivity index (χ2v) is 36.8. The fourth-order valence-corrected chi connectivity index (χ4v) is 17.8. The molecule has 0 atom stereocenters. The highest BCUT2D eigenvalue weighted by Crippen LogP contribution is 2.36. The molecule has 0 saturated carbocycles. The molecule has 0 aliphatic carbocycles. The third-order valence-corrected chi connectivity index (χ3v) is 25.9. The number of anilines is 8. The van der Waals surface area contributed by atoms with Gasteiger partial charge in [-0.15, -0.1) is 15.3 Å². The van der Waals surface area contributed by atoms with Crippen molar-refractivity contribution in [3.63, 3.8) is 0 Å². The van der Waals surface area contributed by atoms with Gasteiger partial charge in [-0.3, -0.25) is 28.8 Å². The Morgan fingerprint density at radius 2 is 0.795 bits per heavy atom. The van der Waals surface area contributed by atoms with Crippen LogP contribution in [0.15, 0.2) is 132 Å². The predicted octanol–water partition coefficient (Wildman–Crippen LogP) is 12.0. The van der Waals surface area contributed by atoms with Crippen LogP contribution in [0.3, 0.4) is 0 Å². The van der Waals surface area contributed by atoms with Crippen LogP contribution in [0.4, 0.5) is 46.3 Å². The topological polar surface area (TPSA) is 303 Å². The maximum absolute atomic E-state index is 13.1. The molecule has 6 aromatic heterocycles. The summed E-state index contributed by atoms with van der Waals surface area (Å²) in [5, 5.41) is 39.1. The number of halogens is 1. The number of fused-ring (bicyclic) bond motifs is 3. The second-order valence-electron chi connectivity index (χ2n) is 35.9. The highest BCUT2D eigenvalue weighted by molar-refractivity contribution is 9.10. The number of aromatic nitrogens is 9. The summed E-state index contributed by atoms with van der Waals surface area (Å²) in [6.07, 6.45) is 18.5. The van der Waals surface area contributed by atoms with Crippen LogP contribution in [-0.2, 0) is 14.4 Å². The molecule has 654 valence electrons. The van der Waals surface area contributed by atoms with Gasteiger partial charge in [-0.25, -0.2) is 13.5 Å². The summed E-state index contributed by atoms with van der Waals surface area (Å²) in [5.74, 6) is 1.91. The lowest BCUT2D eigenvalue weighted by atomic mass is 9.82. The maximum Gasteiger partial charge on any atom is 0.306 e. The number of amides is 4. The fourth-order valence-electron chi connectivity index (χ4n) is 17.4. The van der Waals surface area contributed by atoms with E-state index in [1.54, 1.807) is 13.5 Å². The van der Waals surface area contributed by atoms with E-state index in [2.05, 4.69) is 149 Å². The Kier molecular flexibility index (Phi) is 30.0. The molecule has 8 fully saturated rings. The highest BCUT2D eigenvalue weighted by Gasteiger charge is 2.41. The van der Waals surface area contributed by atoms with Crippen LogP contribution in [0.5, 0.6) is 0 Å². The minimum atomic E-state index is -0.719. The Hall–Kier alpha value is -10.2. The lowest BCUT2D eigenvalue weighted by molar-refractivity contribution is -0.146. The van der Waals surface area contributed by atoms with Crippen molar-refractivity contribution in [3.8, 4) is 0 Å². The number of pyridine rings is 3. The van der Waals surface area contributed by atoms with Crippen molar-refractivity contribution in [2.24, 2.45) is 28.6 Å². The van der Waals surface area contributed by atoms with E-state index in [4.69, 9.17) is 9.97 Å². The third-order valence-electron chi connectivity index (χ3n) is 25.2. The molecule has 30 nitrogen and oxygen atoms in total. The molecule has 0 radical (unpaired) electrons. The Bertz CT molecular complexity index is 4980. The number of nitrogens with zero attached hydrogens (tertiary/aromatic N) is 18. The van der Waals surface area contributed by atoms with Gasteiger partial charge in [0.1, 0.15) is 5.78 Å². The van der Waals surface area contributed by atoms with E-state index in [0.717, 1.165) is 205 Å². The quantitative estimate of drug-likeness (QED) is 0.0438. The zero-order valence-corrected chi connectivity index (χ0v) is 74.7. The van der Waals surface area contributed by atoms with Crippen molar-refractivity contribution < 1.29 is 33.9 Å². The van der Waals surface area contributed by atoms with E-state index in [-0.39, 0.29) is 47.1 Å². The van der Waals surface area contributed by atoms with Crippen LogP contribution in [0.2, 0.25) is 0 Å². The van der Waals surface area contributed by atoms with Crippen molar-refractivity contribution in [3.05, 3.63) is 149 Å². The molecule has 8 saturated heterocycles. The number of piperidine rings is 6. The van der Waals surface area contributed by atoms with Crippen molar-refractivity contribution in [2.75, 3.05) is 173 Å². The summed E-state index contributed by atoms with van der Waals surface area (Å²) in [7, 11) is 12.1. The number of likely N-dealkylation sites (tertiary alicyclic amines) is 4. The monoisotopic (exact) mass is 1730 g/mol. The number of carbonyl (C=O) groups excluding carboxylic acids is 5. The van der Waals surface area contributed by atoms with Gasteiger partial charge >= 0.3 is 5.97 Å². The first kappa shape index (κ1) is 89.6. The third kappa shape index (κ3) is 23.2. The Morgan fingerprint density at radius 1 is 0.451 bits per heavy atom. The molecule has 3 aromatic carbocycles. The van der Waals surface area contributed by atoms with Crippen LogP contribution >= 0.6 is 15.9 Å². The standard InChI is InChI=1S/C31H42N8O2.C26H33N7O3.C20H23BrN6O.C9H17NO.C5H11N/c1-31(2)20-38(21-31)29(41)23-11-18-37(19-12-23)26-6-5-15-39-27(26)33-30(34-39)32-24-9-7-22(8-10-24)28(40)36(4)25-13-16-35(3)17-14-25;1-30-14-11-21(12-15-30)31(2)24(34)18-5-7-20(8-6-18)27-26-28-23-22(4-3-13-33(23)29-26)32-16-9-19(10-17-32)25(35)36;1-25-12-9-16(10-13-25)26(2)19(28)14-5-7-15(8-6-14)22-20-23-18-17(21)4-3-11-27(18)24-20;1-2-3-9(11)8-4-6-10-7-5-8;1-5(2)3-6-4-5/h5-10,15,23,25H,11-14,16-21H2,1-4H3,(H,32,34);3-8,13,19,21H,9-12,14-17H2,1-2H3,(H,27,29)(H,35,36);3-8,11,16H,9-10,12-13H2,1-2H3,(H,22,24);8,10H,2-7H2,1H3;6H,3-4H2,1-2H3. The highest BCUT2D eigenvalue weighted by atomic mass is 79.9. The molecule has 9 aromatic rings. The van der Waals surface area contributed by atoms with Gasteiger partial charge in [0.2, 0.25) is 23.8 Å². The fraction of sp³-hybridized carbons (Fsp3) is 0.538. The number of carboxylic acids is 1. The molecular formula is C91H126BrN23O7. The molecular weight excluding hydrogens is 1610 g/mol. The average Bonchev–Trinajstić information content (AvgIpc) is 1.21. The summed E-state index contributed by atoms with van der Waals surface area (Å²) < 4.78 is 6.12. The minimum absolute atomic E-state index is 0.0401. The summed E-state index contributed by atoms with van der Waals surface area (Å²) in [4.78, 5) is 108. The first-order valence-electron chi connectivity index (χ1n) is 43.8. The molecule has 122 heavy (non-hydrogen) atoms. The smallest absolute Gasteiger partial charge is 0.306 e. The van der Waals surface area contributed by atoms with Crippen molar-refractivity contribution >= 4 is 115 Å². The SMILES string of the molecule is CC1(C)CNC1.CCCC(=O)C1CCNCC1.CN1CCC(N(C)C(=O)c2ccc(Nc3nc4c(Br)cccn4n3)cc2)CC1.CN1CCC(N(C)C(=O)c2ccc(Nc3nc4c(N5CCC(C(=O)N6CC(C)(C)C6)CC5)cccn4n3)cc2)CC1.CN1CCC(N(C)C(=O)c2ccc(Nc3nc4c(N5CCC(C(=O)O)CC5)cccn4n3)cc2)CC1. The van der Waals surface area contributed by atoms with Gasteiger partial charge in [-0.1, -0.05) is 34.6 Å². The Balaban J connectivity index is 0.000000145. The maximum atomic E-state index is 13.1. The first-order valence-corrected chi connectivity index (χ1v) is 44.6. The van der Waals surface area contributed by atoms with Gasteiger partial charge in [0.05, 0.1) is 21.8 Å². The number of Topliss-reactive ketones (excluding diaryl/α,β-unsaturated/α-hetero) is 1. The molecule has 8 aliphatic heterocycles. The van der Waals surface area contributed by atoms with Crippen LogP contribution in [0, 0.1) is 28.6 Å². The molecule has 31 heteroatoms. The van der Waals surface area contributed by atoms with Gasteiger partial charge in [0.15, 0.2) is 16.9 Å². The number of benzene rings is 3. The molecule has 0 spiro atoms. The van der Waals surface area contributed by atoms with Crippen LogP contribution in [0.1, 0.15) is 156 Å². The first-order chi connectivity index (χ1) is 58.6. The van der Waals surface area contributed by atoms with Gasteiger partial charge in [0, 0.05) is 162 Å². The van der Waals surface area contributed by atoms with E-state index in [1.807, 2.05) is 162 Å². The molecule has 0 bridgehead atoms. The van der Waals surface area contributed by atoms with Crippen molar-refractivity contribution in [2.45, 2.75) is 143 Å². The number of hydrogen-bond donors (Lipinski definition) is 6. The van der Waals surface area contributed by atoms with Gasteiger partial charge in [-0.05, 0) is 293 Å². The summed E-state index contributed by atoms with van der Waals surface area (Å²) in [6, 6.07) is 35.1. The lowest BCUT2D eigenvalue weighted by Crippen LogP contribution is -2.57. The van der Waals surface area contributed by atoms with Gasteiger partial charge in [0.25, 0.3) is 17.7 Å². The predicted molar refractivity (Wildman–Crippen MR) is 484 cm³/mol. The Morgan fingerprint density at radius 3 is 1.12 bits per heavy atom. The number of nitrogens with one attached hydrogen (secondary N) is 5. The van der Waals surface area contributed by atoms with Crippen molar-refractivity contribution in [1.82, 2.24) is 88.7 Å². The second kappa shape index (κ2) is 40.9. The number of carbonyl (C=O) groups is 6. The summed E-state index contributed by atoms with van der Waals surface area (Å²) in [6.45, 7) is 26.4. The van der Waals surface area contributed by atoms with E-state index < -0.39 is 5.97 Å². The molecule has 0 unspecified atom stereocenters. The molecule has 4 amide bonds. The van der Waals surface area contributed by atoms with E-state index in [0.29, 0.717) is 89.5 Å². The van der Waals surface area contributed by atoms with Gasteiger partial charge in [-0.2, -0.15) is 15.0 Å². The average molecular weight is 1730 g/mol. The van der Waals surface area contributed by atoms with E-state index in [1.165, 1.54) is 13.1 Å². The molecule has 6 N–H and O–H groups in total. The molecule has 14 heterocycles. The Labute approximate surface area is 726 Å².